The lowest BCUT2D eigenvalue weighted by Crippen LogP contribution is -2.17. The number of carbonyl (C=O) groups is 1. The van der Waals surface area contributed by atoms with Gasteiger partial charge in [0, 0.05) is 18.8 Å². The van der Waals surface area contributed by atoms with Gasteiger partial charge in [-0.2, -0.15) is 0 Å². The maximum Gasteiger partial charge on any atom is 0.251 e. The van der Waals surface area contributed by atoms with Gasteiger partial charge >= 0.3 is 0 Å². The Morgan fingerprint density at radius 3 is 2.56 bits per heavy atom. The van der Waals surface area contributed by atoms with Crippen LogP contribution in [0.1, 0.15) is 21.6 Å². The maximum absolute atomic E-state index is 11.4. The fourth-order valence-corrected chi connectivity index (χ4v) is 1.47. The molecule has 2 aromatic rings. The second-order valence-electron chi connectivity index (χ2n) is 3.67. The largest absolute Gasteiger partial charge is 0.355 e. The van der Waals surface area contributed by atoms with Crippen LogP contribution in [0.5, 0.6) is 0 Å². The van der Waals surface area contributed by atoms with E-state index in [1.807, 2.05) is 30.4 Å². The number of nitrogens with one attached hydrogen (secondary N) is 1. The van der Waals surface area contributed by atoms with Crippen LogP contribution in [0.15, 0.2) is 42.9 Å². The lowest BCUT2D eigenvalue weighted by atomic mass is 10.1. The number of rotatable bonds is 3. The van der Waals surface area contributed by atoms with Gasteiger partial charge in [-0.25, -0.2) is 9.97 Å². The fourth-order valence-electron chi connectivity index (χ4n) is 1.47. The van der Waals surface area contributed by atoms with Crippen LogP contribution in [0.3, 0.4) is 0 Å². The molecule has 90 valence electrons. The van der Waals surface area contributed by atoms with E-state index in [0.29, 0.717) is 5.56 Å². The molecule has 1 heterocycles. The number of hydrogen-bond donors (Lipinski definition) is 1. The molecule has 0 spiro atoms. The normalized spacial score (nSPS) is 10.5. The molecule has 0 saturated carbocycles. The molecule has 0 atom stereocenters. The van der Waals surface area contributed by atoms with Crippen molar-refractivity contribution in [2.45, 2.75) is 0 Å². The van der Waals surface area contributed by atoms with E-state index in [4.69, 9.17) is 0 Å². The van der Waals surface area contributed by atoms with Crippen molar-refractivity contribution in [2.75, 3.05) is 7.05 Å². The summed E-state index contributed by atoms with van der Waals surface area (Å²) in [6.07, 6.45) is 7.04. The smallest absolute Gasteiger partial charge is 0.251 e. The Morgan fingerprint density at radius 2 is 1.94 bits per heavy atom. The molecule has 1 aromatic heterocycles. The molecular formula is C14H13N3O. The van der Waals surface area contributed by atoms with Gasteiger partial charge in [0.25, 0.3) is 5.91 Å². The predicted octanol–water partition coefficient (Wildman–Crippen LogP) is 2.01. The molecule has 0 saturated heterocycles. The van der Waals surface area contributed by atoms with Gasteiger partial charge in [0.2, 0.25) is 0 Å². The highest BCUT2D eigenvalue weighted by Gasteiger charge is 2.00. The van der Waals surface area contributed by atoms with E-state index in [1.54, 1.807) is 25.4 Å². The van der Waals surface area contributed by atoms with E-state index in [0.717, 1.165) is 11.3 Å². The molecular weight excluding hydrogens is 226 g/mol. The monoisotopic (exact) mass is 239 g/mol. The van der Waals surface area contributed by atoms with Gasteiger partial charge in [0.15, 0.2) is 0 Å². The van der Waals surface area contributed by atoms with Crippen molar-refractivity contribution in [3.8, 4) is 0 Å². The van der Waals surface area contributed by atoms with Gasteiger partial charge in [-0.1, -0.05) is 18.2 Å². The Labute approximate surface area is 105 Å². The van der Waals surface area contributed by atoms with Crippen molar-refractivity contribution < 1.29 is 4.79 Å². The second-order valence-corrected chi connectivity index (χ2v) is 3.67. The Balaban J connectivity index is 2.11. The van der Waals surface area contributed by atoms with Crippen LogP contribution in [0, 0.1) is 0 Å². The number of nitrogens with zero attached hydrogens (tertiary/aromatic N) is 2. The summed E-state index contributed by atoms with van der Waals surface area (Å²) in [5.74, 6) is -0.0821. The zero-order valence-electron chi connectivity index (χ0n) is 10.00. The van der Waals surface area contributed by atoms with E-state index in [2.05, 4.69) is 15.3 Å². The molecule has 0 radical (unpaired) electrons. The van der Waals surface area contributed by atoms with Crippen molar-refractivity contribution in [1.82, 2.24) is 15.3 Å². The number of carbonyl (C=O) groups excluding carboxylic acids is 1. The molecule has 1 aromatic carbocycles. The van der Waals surface area contributed by atoms with Gasteiger partial charge in [0.1, 0.15) is 6.33 Å². The summed E-state index contributed by atoms with van der Waals surface area (Å²) in [6.45, 7) is 0. The van der Waals surface area contributed by atoms with E-state index in [1.165, 1.54) is 6.33 Å². The summed E-state index contributed by atoms with van der Waals surface area (Å²) in [6, 6.07) is 9.19. The highest BCUT2D eigenvalue weighted by Crippen LogP contribution is 2.08. The molecule has 0 bridgehead atoms. The molecule has 0 aliphatic heterocycles. The van der Waals surface area contributed by atoms with Crippen LogP contribution < -0.4 is 5.32 Å². The zero-order valence-corrected chi connectivity index (χ0v) is 10.00. The first kappa shape index (κ1) is 12.0. The first-order chi connectivity index (χ1) is 8.79. The van der Waals surface area contributed by atoms with Crippen LogP contribution in [0.4, 0.5) is 0 Å². The zero-order chi connectivity index (χ0) is 12.8. The van der Waals surface area contributed by atoms with Gasteiger partial charge < -0.3 is 5.32 Å². The molecule has 4 nitrogen and oxygen atoms in total. The van der Waals surface area contributed by atoms with Crippen LogP contribution in [-0.4, -0.2) is 22.9 Å². The van der Waals surface area contributed by atoms with Gasteiger partial charge in [-0.05, 0) is 29.8 Å². The third kappa shape index (κ3) is 3.01. The van der Waals surface area contributed by atoms with Gasteiger partial charge in [-0.15, -0.1) is 0 Å². The van der Waals surface area contributed by atoms with Crippen LogP contribution in [0.25, 0.3) is 12.2 Å². The van der Waals surface area contributed by atoms with Crippen molar-refractivity contribution in [3.63, 3.8) is 0 Å². The minimum absolute atomic E-state index is 0.0821. The van der Waals surface area contributed by atoms with E-state index in [9.17, 15) is 4.79 Å². The average molecular weight is 239 g/mol. The van der Waals surface area contributed by atoms with Crippen LogP contribution >= 0.6 is 0 Å². The lowest BCUT2D eigenvalue weighted by Gasteiger charge is -1.99. The number of aromatic nitrogens is 2. The quantitative estimate of drug-likeness (QED) is 0.891. The second kappa shape index (κ2) is 5.72. The molecule has 0 aliphatic carbocycles. The Hall–Kier alpha value is -2.49. The molecule has 4 heteroatoms. The highest BCUT2D eigenvalue weighted by molar-refractivity contribution is 5.94. The SMILES string of the molecule is CNC(=O)c1ccc(C=Cc2ccncn2)cc1. The summed E-state index contributed by atoms with van der Waals surface area (Å²) in [5, 5.41) is 2.58. The minimum atomic E-state index is -0.0821. The molecule has 0 unspecified atom stereocenters. The summed E-state index contributed by atoms with van der Waals surface area (Å²) >= 11 is 0. The maximum atomic E-state index is 11.4. The highest BCUT2D eigenvalue weighted by atomic mass is 16.1. The predicted molar refractivity (Wildman–Crippen MR) is 70.8 cm³/mol. The number of benzene rings is 1. The summed E-state index contributed by atoms with van der Waals surface area (Å²) in [7, 11) is 1.62. The van der Waals surface area contributed by atoms with Crippen molar-refractivity contribution in [1.29, 1.82) is 0 Å². The van der Waals surface area contributed by atoms with E-state index < -0.39 is 0 Å². The van der Waals surface area contributed by atoms with Crippen molar-refractivity contribution >= 4 is 18.1 Å². The fraction of sp³-hybridized carbons (Fsp3) is 0.0714. The standard InChI is InChI=1S/C14H13N3O/c1-15-14(18)12-5-2-11(3-6-12)4-7-13-8-9-16-10-17-13/h2-10H,1H3,(H,15,18). The van der Waals surface area contributed by atoms with Crippen LogP contribution in [-0.2, 0) is 0 Å². The third-order valence-corrected chi connectivity index (χ3v) is 2.45. The molecule has 0 fully saturated rings. The summed E-state index contributed by atoms with van der Waals surface area (Å²) in [4.78, 5) is 19.3. The minimum Gasteiger partial charge on any atom is -0.355 e. The van der Waals surface area contributed by atoms with Crippen molar-refractivity contribution in [3.05, 3.63) is 59.7 Å². The number of hydrogen-bond acceptors (Lipinski definition) is 3. The molecule has 0 aliphatic rings. The van der Waals surface area contributed by atoms with E-state index >= 15 is 0 Å². The third-order valence-electron chi connectivity index (χ3n) is 2.45. The number of amides is 1. The molecule has 2 rings (SSSR count). The first-order valence-electron chi connectivity index (χ1n) is 5.56. The van der Waals surface area contributed by atoms with E-state index in [-0.39, 0.29) is 5.91 Å². The molecule has 1 amide bonds. The Bertz CT molecular complexity index is 547. The first-order valence-corrected chi connectivity index (χ1v) is 5.56. The Morgan fingerprint density at radius 1 is 1.17 bits per heavy atom. The molecule has 18 heavy (non-hydrogen) atoms. The summed E-state index contributed by atoms with van der Waals surface area (Å²) < 4.78 is 0. The van der Waals surface area contributed by atoms with Gasteiger partial charge in [0.05, 0.1) is 5.69 Å². The topological polar surface area (TPSA) is 54.9 Å². The molecule has 1 N–H and O–H groups in total. The van der Waals surface area contributed by atoms with Crippen LogP contribution in [0.2, 0.25) is 0 Å². The average Bonchev–Trinajstić information content (AvgIpc) is 2.46. The van der Waals surface area contributed by atoms with Gasteiger partial charge in [-0.3, -0.25) is 4.79 Å². The Kier molecular flexibility index (Phi) is 3.81. The summed E-state index contributed by atoms with van der Waals surface area (Å²) in [5.41, 5.74) is 2.51. The van der Waals surface area contributed by atoms with Crippen molar-refractivity contribution in [2.24, 2.45) is 0 Å². The lowest BCUT2D eigenvalue weighted by molar-refractivity contribution is 0.0963.